The summed E-state index contributed by atoms with van der Waals surface area (Å²) in [4.78, 5) is 16.9. The largest absolute Gasteiger partial charge is 0.388 e. The van der Waals surface area contributed by atoms with E-state index in [0.29, 0.717) is 13.1 Å². The SMILES string of the molecule is CN[C@]1(c2ccccc2)CC[C@]2(CC1)CN(CCS(C)(=O)=O)C(=O)N2CC1(O)CCC1. The highest BCUT2D eigenvalue weighted by Crippen LogP contribution is 2.48. The second-order valence-electron chi connectivity index (χ2n) is 9.92. The molecule has 1 aromatic rings. The van der Waals surface area contributed by atoms with Crippen LogP contribution < -0.4 is 5.32 Å². The van der Waals surface area contributed by atoms with Crippen LogP contribution in [0.2, 0.25) is 0 Å². The fourth-order valence-corrected chi connectivity index (χ4v) is 6.17. The highest BCUT2D eigenvalue weighted by Gasteiger charge is 2.55. The molecule has 1 spiro atoms. The minimum absolute atomic E-state index is 0.0304. The van der Waals surface area contributed by atoms with E-state index >= 15 is 0 Å². The molecular weight excluding hydrogens is 414 g/mol. The van der Waals surface area contributed by atoms with Gasteiger partial charge < -0.3 is 20.2 Å². The predicted molar refractivity (Wildman–Crippen MR) is 121 cm³/mol. The summed E-state index contributed by atoms with van der Waals surface area (Å²) in [7, 11) is -1.16. The quantitative estimate of drug-likeness (QED) is 0.666. The Morgan fingerprint density at radius 3 is 2.23 bits per heavy atom. The van der Waals surface area contributed by atoms with Crippen molar-refractivity contribution in [2.75, 3.05) is 38.7 Å². The Hall–Kier alpha value is -1.64. The molecular formula is C23H35N3O4S. The fourth-order valence-electron chi connectivity index (χ4n) is 5.62. The standard InChI is InChI=1S/C23H35N3O4S/c1-24-23(19-7-4-3-5-8-19)13-11-21(12-14-23)17-25(15-16-31(2,29)30)20(27)26(21)18-22(28)9-6-10-22/h3-5,7-8,24,28H,6,9-18H2,1-2H3/t21-,23+. The molecule has 31 heavy (non-hydrogen) atoms. The van der Waals surface area contributed by atoms with Crippen LogP contribution in [0.4, 0.5) is 4.79 Å². The number of nitrogens with one attached hydrogen (secondary N) is 1. The van der Waals surface area contributed by atoms with Crippen LogP contribution in [-0.4, -0.2) is 79.2 Å². The van der Waals surface area contributed by atoms with Gasteiger partial charge in [0.25, 0.3) is 0 Å². The molecule has 0 bridgehead atoms. The lowest BCUT2D eigenvalue weighted by molar-refractivity contribution is -0.0690. The summed E-state index contributed by atoms with van der Waals surface area (Å²) in [5, 5.41) is 14.4. The van der Waals surface area contributed by atoms with Crippen molar-refractivity contribution in [2.45, 2.75) is 61.6 Å². The maximum absolute atomic E-state index is 13.3. The van der Waals surface area contributed by atoms with Gasteiger partial charge in [-0.05, 0) is 57.6 Å². The number of nitrogens with zero attached hydrogens (tertiary/aromatic N) is 2. The average Bonchev–Trinajstić information content (AvgIpc) is 2.98. The predicted octanol–water partition coefficient (Wildman–Crippen LogP) is 2.11. The number of rotatable bonds is 7. The van der Waals surface area contributed by atoms with Gasteiger partial charge in [0.1, 0.15) is 9.84 Å². The van der Waals surface area contributed by atoms with E-state index in [-0.39, 0.29) is 29.4 Å². The van der Waals surface area contributed by atoms with E-state index in [0.717, 1.165) is 44.9 Å². The van der Waals surface area contributed by atoms with Crippen molar-refractivity contribution in [2.24, 2.45) is 0 Å². The van der Waals surface area contributed by atoms with Crippen LogP contribution in [-0.2, 0) is 15.4 Å². The maximum Gasteiger partial charge on any atom is 0.320 e. The topological polar surface area (TPSA) is 90.0 Å². The molecule has 172 valence electrons. The van der Waals surface area contributed by atoms with Crippen LogP contribution in [0.15, 0.2) is 30.3 Å². The molecule has 7 nitrogen and oxygen atoms in total. The first kappa shape index (κ1) is 22.6. The Balaban J connectivity index is 1.57. The summed E-state index contributed by atoms with van der Waals surface area (Å²) in [5.74, 6) is -0.0304. The summed E-state index contributed by atoms with van der Waals surface area (Å²) >= 11 is 0. The van der Waals surface area contributed by atoms with Gasteiger partial charge in [-0.2, -0.15) is 0 Å². The fraction of sp³-hybridized carbons (Fsp3) is 0.696. The Kier molecular flexibility index (Phi) is 5.85. The highest BCUT2D eigenvalue weighted by atomic mass is 32.2. The van der Waals surface area contributed by atoms with E-state index in [4.69, 9.17) is 0 Å². The minimum atomic E-state index is -3.15. The number of hydrogen-bond donors (Lipinski definition) is 2. The molecule has 0 unspecified atom stereocenters. The first-order chi connectivity index (χ1) is 14.6. The smallest absolute Gasteiger partial charge is 0.320 e. The number of carbonyl (C=O) groups is 1. The van der Waals surface area contributed by atoms with Crippen molar-refractivity contribution in [1.82, 2.24) is 15.1 Å². The average molecular weight is 450 g/mol. The lowest BCUT2D eigenvalue weighted by atomic mass is 9.68. The van der Waals surface area contributed by atoms with Crippen molar-refractivity contribution >= 4 is 15.9 Å². The third-order valence-electron chi connectivity index (χ3n) is 7.87. The summed E-state index contributed by atoms with van der Waals surface area (Å²) in [6, 6.07) is 10.3. The van der Waals surface area contributed by atoms with Gasteiger partial charge in [-0.1, -0.05) is 30.3 Å². The van der Waals surface area contributed by atoms with E-state index in [1.54, 1.807) is 4.90 Å². The van der Waals surface area contributed by atoms with Crippen molar-refractivity contribution < 1.29 is 18.3 Å². The van der Waals surface area contributed by atoms with Crippen LogP contribution in [0.3, 0.4) is 0 Å². The molecule has 2 saturated carbocycles. The van der Waals surface area contributed by atoms with Gasteiger partial charge >= 0.3 is 6.03 Å². The van der Waals surface area contributed by atoms with Crippen LogP contribution in [0.25, 0.3) is 0 Å². The molecule has 8 heteroatoms. The molecule has 0 atom stereocenters. The van der Waals surface area contributed by atoms with Crippen LogP contribution in [0, 0.1) is 0 Å². The van der Waals surface area contributed by atoms with Crippen molar-refractivity contribution in [3.05, 3.63) is 35.9 Å². The minimum Gasteiger partial charge on any atom is -0.388 e. The molecule has 1 aliphatic heterocycles. The zero-order valence-electron chi connectivity index (χ0n) is 18.6. The van der Waals surface area contributed by atoms with Gasteiger partial charge in [-0.3, -0.25) is 0 Å². The number of hydrogen-bond acceptors (Lipinski definition) is 5. The number of amides is 2. The van der Waals surface area contributed by atoms with Gasteiger partial charge in [-0.25, -0.2) is 13.2 Å². The number of benzene rings is 1. The number of aliphatic hydroxyl groups is 1. The number of β-amino-alcohol motifs (C(OH)–C–C–N with tert-alkyl or cyclic N) is 1. The lowest BCUT2D eigenvalue weighted by Gasteiger charge is -2.50. The molecule has 3 aliphatic rings. The van der Waals surface area contributed by atoms with Gasteiger partial charge in [0.2, 0.25) is 0 Å². The Morgan fingerprint density at radius 2 is 1.71 bits per heavy atom. The third-order valence-corrected chi connectivity index (χ3v) is 8.79. The van der Waals surface area contributed by atoms with E-state index < -0.39 is 15.4 Å². The van der Waals surface area contributed by atoms with Gasteiger partial charge in [0.05, 0.1) is 23.4 Å². The second-order valence-corrected chi connectivity index (χ2v) is 12.2. The van der Waals surface area contributed by atoms with Gasteiger partial charge in [0.15, 0.2) is 0 Å². The van der Waals surface area contributed by atoms with E-state index in [2.05, 4.69) is 29.6 Å². The maximum atomic E-state index is 13.3. The molecule has 2 aliphatic carbocycles. The second kappa shape index (κ2) is 8.05. The first-order valence-electron chi connectivity index (χ1n) is 11.3. The molecule has 1 heterocycles. The first-order valence-corrected chi connectivity index (χ1v) is 13.4. The zero-order valence-corrected chi connectivity index (χ0v) is 19.5. The van der Waals surface area contributed by atoms with E-state index in [1.807, 2.05) is 18.0 Å². The summed E-state index contributed by atoms with van der Waals surface area (Å²) in [5.41, 5.74) is -0.0224. The molecule has 2 N–H and O–H groups in total. The highest BCUT2D eigenvalue weighted by molar-refractivity contribution is 7.90. The summed E-state index contributed by atoms with van der Waals surface area (Å²) in [6.45, 7) is 1.09. The molecule has 0 radical (unpaired) electrons. The van der Waals surface area contributed by atoms with Gasteiger partial charge in [-0.15, -0.1) is 0 Å². The van der Waals surface area contributed by atoms with Crippen LogP contribution >= 0.6 is 0 Å². The number of carbonyl (C=O) groups excluding carboxylic acids is 1. The van der Waals surface area contributed by atoms with Crippen molar-refractivity contribution in [3.8, 4) is 0 Å². The Bertz CT molecular complexity index is 906. The molecule has 1 saturated heterocycles. The molecule has 0 aromatic heterocycles. The Labute approximate surface area is 185 Å². The van der Waals surface area contributed by atoms with Gasteiger partial charge in [0, 0.05) is 24.9 Å². The molecule has 1 aromatic carbocycles. The molecule has 3 fully saturated rings. The Morgan fingerprint density at radius 1 is 1.06 bits per heavy atom. The molecule has 2 amide bonds. The summed E-state index contributed by atoms with van der Waals surface area (Å²) < 4.78 is 23.4. The van der Waals surface area contributed by atoms with Crippen molar-refractivity contribution in [3.63, 3.8) is 0 Å². The van der Waals surface area contributed by atoms with E-state index in [1.165, 1.54) is 11.8 Å². The third kappa shape index (κ3) is 4.34. The van der Waals surface area contributed by atoms with Crippen molar-refractivity contribution in [1.29, 1.82) is 0 Å². The normalized spacial score (nSPS) is 30.6. The van der Waals surface area contributed by atoms with E-state index in [9.17, 15) is 18.3 Å². The lowest BCUT2D eigenvalue weighted by Crippen LogP contribution is -2.59. The van der Waals surface area contributed by atoms with Crippen LogP contribution in [0.5, 0.6) is 0 Å². The number of sulfone groups is 1. The summed E-state index contributed by atoms with van der Waals surface area (Å²) in [6.07, 6.45) is 7.05. The number of urea groups is 1. The monoisotopic (exact) mass is 449 g/mol. The zero-order chi connectivity index (χ0) is 22.3. The molecule has 4 rings (SSSR count). The van der Waals surface area contributed by atoms with Crippen LogP contribution in [0.1, 0.15) is 50.5 Å².